The molecule has 7 heteroatoms. The zero-order valence-electron chi connectivity index (χ0n) is 13.3. The van der Waals surface area contributed by atoms with Gasteiger partial charge >= 0.3 is 0 Å². The van der Waals surface area contributed by atoms with E-state index < -0.39 is 10.0 Å². The number of hydrogen-bond donors (Lipinski definition) is 2. The van der Waals surface area contributed by atoms with Gasteiger partial charge in [-0.05, 0) is 49.3 Å². The molecule has 0 spiro atoms. The quantitative estimate of drug-likeness (QED) is 0.861. The number of amides is 1. The summed E-state index contributed by atoms with van der Waals surface area (Å²) in [6, 6.07) is 4.53. The third kappa shape index (κ3) is 3.35. The molecule has 0 aliphatic heterocycles. The van der Waals surface area contributed by atoms with Crippen molar-refractivity contribution in [3.63, 3.8) is 0 Å². The van der Waals surface area contributed by atoms with E-state index in [9.17, 15) is 13.2 Å². The van der Waals surface area contributed by atoms with Crippen LogP contribution in [0.1, 0.15) is 32.6 Å². The Bertz CT molecular complexity index is 717. The third-order valence-corrected chi connectivity index (χ3v) is 6.32. The van der Waals surface area contributed by atoms with E-state index in [0.29, 0.717) is 23.3 Å². The third-order valence-electron chi connectivity index (χ3n) is 4.84. The summed E-state index contributed by atoms with van der Waals surface area (Å²) in [7, 11) is -2.13. The second-order valence-electron chi connectivity index (χ2n) is 6.45. The van der Waals surface area contributed by atoms with Crippen LogP contribution in [0.2, 0.25) is 0 Å². The number of sulfonamides is 1. The molecule has 2 bridgehead atoms. The SMILES string of the molecule is COc1ccc(S(=O)(=O)NC2CC3CCC2C3)cc1NC(C)=O. The van der Waals surface area contributed by atoms with Gasteiger partial charge in [-0.15, -0.1) is 0 Å². The van der Waals surface area contributed by atoms with Gasteiger partial charge in [0.15, 0.2) is 0 Å². The highest BCUT2D eigenvalue weighted by Gasteiger charge is 2.41. The molecule has 2 aliphatic rings. The molecule has 3 unspecified atom stereocenters. The Hall–Kier alpha value is -1.60. The average Bonchev–Trinajstić information content (AvgIpc) is 3.08. The van der Waals surface area contributed by atoms with E-state index in [1.54, 1.807) is 6.07 Å². The molecule has 0 saturated heterocycles. The normalized spacial score (nSPS) is 26.3. The van der Waals surface area contributed by atoms with Gasteiger partial charge in [0.25, 0.3) is 0 Å². The number of anilines is 1. The molecule has 1 aromatic carbocycles. The number of fused-ring (bicyclic) bond motifs is 2. The first-order valence-corrected chi connectivity index (χ1v) is 9.35. The minimum atomic E-state index is -3.61. The minimum Gasteiger partial charge on any atom is -0.495 e. The summed E-state index contributed by atoms with van der Waals surface area (Å²) in [5, 5.41) is 2.60. The number of rotatable bonds is 5. The van der Waals surface area contributed by atoms with Gasteiger partial charge < -0.3 is 10.1 Å². The van der Waals surface area contributed by atoms with Crippen molar-refractivity contribution >= 4 is 21.6 Å². The zero-order valence-corrected chi connectivity index (χ0v) is 14.2. The number of methoxy groups -OCH3 is 1. The van der Waals surface area contributed by atoms with Crippen molar-refractivity contribution in [3.05, 3.63) is 18.2 Å². The molecule has 1 aromatic rings. The van der Waals surface area contributed by atoms with Gasteiger partial charge in [0.1, 0.15) is 5.75 Å². The second kappa shape index (κ2) is 6.13. The molecule has 1 amide bonds. The van der Waals surface area contributed by atoms with Crippen LogP contribution in [0, 0.1) is 11.8 Å². The number of ether oxygens (including phenoxy) is 1. The van der Waals surface area contributed by atoms with Crippen molar-refractivity contribution in [1.29, 1.82) is 0 Å². The summed E-state index contributed by atoms with van der Waals surface area (Å²) in [5.74, 6) is 1.28. The van der Waals surface area contributed by atoms with E-state index in [4.69, 9.17) is 4.74 Å². The van der Waals surface area contributed by atoms with Crippen LogP contribution >= 0.6 is 0 Å². The van der Waals surface area contributed by atoms with Gasteiger partial charge in [0.2, 0.25) is 15.9 Å². The Balaban J connectivity index is 1.83. The smallest absolute Gasteiger partial charge is 0.240 e. The summed E-state index contributed by atoms with van der Waals surface area (Å²) in [6.07, 6.45) is 4.39. The van der Waals surface area contributed by atoms with Crippen LogP contribution in [0.5, 0.6) is 5.75 Å². The molecule has 3 atom stereocenters. The first-order chi connectivity index (χ1) is 10.9. The van der Waals surface area contributed by atoms with E-state index in [1.165, 1.54) is 32.6 Å². The molecule has 3 rings (SSSR count). The van der Waals surface area contributed by atoms with E-state index in [1.807, 2.05) is 0 Å². The average molecular weight is 338 g/mol. The summed E-state index contributed by atoms with van der Waals surface area (Å²) < 4.78 is 33.3. The highest BCUT2D eigenvalue weighted by atomic mass is 32.2. The highest BCUT2D eigenvalue weighted by Crippen LogP contribution is 2.44. The summed E-state index contributed by atoms with van der Waals surface area (Å²) in [4.78, 5) is 11.4. The number of carbonyl (C=O) groups excluding carboxylic acids is 1. The van der Waals surface area contributed by atoms with E-state index >= 15 is 0 Å². The molecule has 23 heavy (non-hydrogen) atoms. The van der Waals surface area contributed by atoms with E-state index in [2.05, 4.69) is 10.0 Å². The van der Waals surface area contributed by atoms with Crippen molar-refractivity contribution < 1.29 is 17.9 Å². The first-order valence-electron chi connectivity index (χ1n) is 7.87. The first kappa shape index (κ1) is 16.3. The molecule has 2 N–H and O–H groups in total. The molecule has 0 radical (unpaired) electrons. The van der Waals surface area contributed by atoms with Crippen LogP contribution in [0.3, 0.4) is 0 Å². The predicted octanol–water partition coefficient (Wildman–Crippen LogP) is 2.12. The molecule has 2 saturated carbocycles. The maximum atomic E-state index is 12.6. The van der Waals surface area contributed by atoms with E-state index in [0.717, 1.165) is 19.3 Å². The Morgan fingerprint density at radius 2 is 2.04 bits per heavy atom. The monoisotopic (exact) mass is 338 g/mol. The van der Waals surface area contributed by atoms with Gasteiger partial charge in [-0.2, -0.15) is 0 Å². The standard InChI is InChI=1S/C16H22N2O4S/c1-10(19)17-15-9-13(5-6-16(15)22-2)23(20,21)18-14-8-11-3-4-12(14)7-11/h5-6,9,11-12,14,18H,3-4,7-8H2,1-2H3,(H,17,19). The van der Waals surface area contributed by atoms with Crippen LogP contribution in [-0.4, -0.2) is 27.5 Å². The van der Waals surface area contributed by atoms with Crippen LogP contribution in [-0.2, 0) is 14.8 Å². The van der Waals surface area contributed by atoms with E-state index in [-0.39, 0.29) is 16.8 Å². The number of nitrogens with one attached hydrogen (secondary N) is 2. The molecule has 6 nitrogen and oxygen atoms in total. The summed E-state index contributed by atoms with van der Waals surface area (Å²) >= 11 is 0. The Labute approximate surface area is 136 Å². The lowest BCUT2D eigenvalue weighted by Gasteiger charge is -2.23. The maximum Gasteiger partial charge on any atom is 0.240 e. The van der Waals surface area contributed by atoms with Gasteiger partial charge in [0, 0.05) is 13.0 Å². The second-order valence-corrected chi connectivity index (χ2v) is 8.16. The molecule has 2 fully saturated rings. The Kier molecular flexibility index (Phi) is 4.33. The maximum absolute atomic E-state index is 12.6. The fourth-order valence-corrected chi connectivity index (χ4v) is 5.14. The van der Waals surface area contributed by atoms with Crippen molar-refractivity contribution in [1.82, 2.24) is 4.72 Å². The topological polar surface area (TPSA) is 84.5 Å². The van der Waals surface area contributed by atoms with Gasteiger partial charge in [-0.3, -0.25) is 4.79 Å². The fraction of sp³-hybridized carbons (Fsp3) is 0.562. The van der Waals surface area contributed by atoms with Crippen LogP contribution in [0.15, 0.2) is 23.1 Å². The lowest BCUT2D eigenvalue weighted by atomic mass is 9.96. The molecule has 2 aliphatic carbocycles. The summed E-state index contributed by atoms with van der Waals surface area (Å²) in [6.45, 7) is 1.37. The summed E-state index contributed by atoms with van der Waals surface area (Å²) in [5.41, 5.74) is 0.357. The lowest BCUT2D eigenvalue weighted by molar-refractivity contribution is -0.114. The molecule has 0 aromatic heterocycles. The molecule has 0 heterocycles. The van der Waals surface area contributed by atoms with Gasteiger partial charge in [-0.1, -0.05) is 6.42 Å². The minimum absolute atomic E-state index is 0.0325. The highest BCUT2D eigenvalue weighted by molar-refractivity contribution is 7.89. The van der Waals surface area contributed by atoms with Crippen molar-refractivity contribution in [3.8, 4) is 5.75 Å². The van der Waals surface area contributed by atoms with Crippen molar-refractivity contribution in [2.45, 2.75) is 43.5 Å². The zero-order chi connectivity index (χ0) is 16.6. The van der Waals surface area contributed by atoms with Crippen LogP contribution in [0.25, 0.3) is 0 Å². The van der Waals surface area contributed by atoms with Gasteiger partial charge in [-0.25, -0.2) is 13.1 Å². The number of carbonyl (C=O) groups is 1. The number of hydrogen-bond acceptors (Lipinski definition) is 4. The van der Waals surface area contributed by atoms with Crippen LogP contribution < -0.4 is 14.8 Å². The van der Waals surface area contributed by atoms with Gasteiger partial charge in [0.05, 0.1) is 17.7 Å². The predicted molar refractivity (Wildman–Crippen MR) is 86.9 cm³/mol. The molecule has 126 valence electrons. The van der Waals surface area contributed by atoms with Crippen molar-refractivity contribution in [2.75, 3.05) is 12.4 Å². The Morgan fingerprint density at radius 3 is 2.61 bits per heavy atom. The van der Waals surface area contributed by atoms with Crippen molar-refractivity contribution in [2.24, 2.45) is 11.8 Å². The Morgan fingerprint density at radius 1 is 1.26 bits per heavy atom. The molecular weight excluding hydrogens is 316 g/mol. The fourth-order valence-electron chi connectivity index (χ4n) is 3.80. The largest absolute Gasteiger partial charge is 0.495 e. The lowest BCUT2D eigenvalue weighted by Crippen LogP contribution is -2.38. The molecular formula is C16H22N2O4S. The number of benzene rings is 1. The van der Waals surface area contributed by atoms with Crippen LogP contribution in [0.4, 0.5) is 5.69 Å².